The fourth-order valence-electron chi connectivity index (χ4n) is 4.56. The van der Waals surface area contributed by atoms with Crippen molar-refractivity contribution in [3.8, 4) is 0 Å². The molecular formula is C27H29ClN4O4. The summed E-state index contributed by atoms with van der Waals surface area (Å²) in [6.45, 7) is 0.954. The summed E-state index contributed by atoms with van der Waals surface area (Å²) in [5, 5.41) is 5.38. The molecule has 0 atom stereocenters. The van der Waals surface area contributed by atoms with Gasteiger partial charge < -0.3 is 20.3 Å². The van der Waals surface area contributed by atoms with E-state index in [0.29, 0.717) is 36.6 Å². The molecule has 1 aliphatic heterocycles. The summed E-state index contributed by atoms with van der Waals surface area (Å²) in [4.78, 5) is 40.4. The lowest BCUT2D eigenvalue weighted by atomic mass is 9.86. The van der Waals surface area contributed by atoms with Crippen LogP contribution >= 0.6 is 11.6 Å². The van der Waals surface area contributed by atoms with E-state index in [1.165, 1.54) is 0 Å². The van der Waals surface area contributed by atoms with Crippen LogP contribution in [0.2, 0.25) is 5.02 Å². The minimum absolute atomic E-state index is 0.0275. The molecule has 1 fully saturated rings. The molecule has 0 unspecified atom stereocenters. The van der Waals surface area contributed by atoms with Gasteiger partial charge in [0.25, 0.3) is 0 Å². The number of anilines is 1. The van der Waals surface area contributed by atoms with Gasteiger partial charge in [0.05, 0.1) is 12.1 Å². The van der Waals surface area contributed by atoms with Gasteiger partial charge in [0.15, 0.2) is 0 Å². The Labute approximate surface area is 214 Å². The largest absolute Gasteiger partial charge is 0.447 e. The average molecular weight is 509 g/mol. The van der Waals surface area contributed by atoms with Gasteiger partial charge in [0.2, 0.25) is 12.3 Å². The molecule has 3 amide bonds. The molecule has 3 aromatic carbocycles. The first kappa shape index (κ1) is 25.5. The van der Waals surface area contributed by atoms with E-state index in [-0.39, 0.29) is 25.6 Å². The highest BCUT2D eigenvalue weighted by Gasteiger charge is 2.42. The summed E-state index contributed by atoms with van der Waals surface area (Å²) in [6.07, 6.45) is 1.01. The van der Waals surface area contributed by atoms with E-state index in [1.54, 1.807) is 15.9 Å². The maximum Gasteiger partial charge on any atom is 0.411 e. The van der Waals surface area contributed by atoms with Gasteiger partial charge in [-0.1, -0.05) is 60.1 Å². The van der Waals surface area contributed by atoms with E-state index in [0.717, 1.165) is 22.7 Å². The van der Waals surface area contributed by atoms with E-state index < -0.39 is 11.6 Å². The SMILES string of the molecule is NCC(=O)N1CCC(COC(=O)Nc2ccc3ccccc3c2)(N(C=O)Cc2ccccc2Cl)CC1. The number of fused-ring (bicyclic) bond motifs is 1. The number of carbonyl (C=O) groups excluding carboxylic acids is 3. The van der Waals surface area contributed by atoms with Gasteiger partial charge in [-0.25, -0.2) is 4.79 Å². The van der Waals surface area contributed by atoms with Crippen molar-refractivity contribution in [2.24, 2.45) is 5.73 Å². The molecule has 0 aromatic heterocycles. The van der Waals surface area contributed by atoms with Gasteiger partial charge in [-0.05, 0) is 47.4 Å². The number of piperidine rings is 1. The number of halogens is 1. The Hall–Kier alpha value is -3.62. The van der Waals surface area contributed by atoms with Gasteiger partial charge in [-0.15, -0.1) is 0 Å². The standard InChI is InChI=1S/C27H29ClN4O4/c28-24-8-4-3-7-22(24)17-32(19-33)27(11-13-31(14-12-27)25(34)16-29)18-36-26(35)30-23-10-9-20-5-1-2-6-21(20)15-23/h1-10,15,19H,11-14,16-18,29H2,(H,30,35). The molecule has 1 heterocycles. The van der Waals surface area contributed by atoms with Gasteiger partial charge in [-0.3, -0.25) is 14.9 Å². The van der Waals surface area contributed by atoms with Crippen molar-refractivity contribution in [1.82, 2.24) is 9.80 Å². The second kappa shape index (κ2) is 11.4. The zero-order valence-electron chi connectivity index (χ0n) is 19.9. The molecule has 3 N–H and O–H groups in total. The Kier molecular flexibility index (Phi) is 8.07. The molecule has 4 rings (SSSR count). The summed E-state index contributed by atoms with van der Waals surface area (Å²) in [6, 6.07) is 20.8. The number of nitrogens with one attached hydrogen (secondary N) is 1. The number of ether oxygens (including phenoxy) is 1. The predicted molar refractivity (Wildman–Crippen MR) is 140 cm³/mol. The van der Waals surface area contributed by atoms with Crippen LogP contribution in [-0.2, 0) is 20.9 Å². The van der Waals surface area contributed by atoms with Gasteiger partial charge >= 0.3 is 6.09 Å². The molecule has 36 heavy (non-hydrogen) atoms. The second-order valence-electron chi connectivity index (χ2n) is 8.90. The molecule has 8 nitrogen and oxygen atoms in total. The van der Waals surface area contributed by atoms with Gasteiger partial charge in [0, 0.05) is 30.3 Å². The van der Waals surface area contributed by atoms with Crippen LogP contribution in [0.1, 0.15) is 18.4 Å². The maximum absolute atomic E-state index is 12.7. The number of amides is 3. The van der Waals surface area contributed by atoms with Crippen LogP contribution in [0.4, 0.5) is 10.5 Å². The van der Waals surface area contributed by atoms with Crippen LogP contribution in [0.25, 0.3) is 10.8 Å². The lowest BCUT2D eigenvalue weighted by molar-refractivity contribution is -0.137. The highest BCUT2D eigenvalue weighted by atomic mass is 35.5. The molecule has 1 aliphatic rings. The van der Waals surface area contributed by atoms with Crippen molar-refractivity contribution < 1.29 is 19.1 Å². The number of nitrogens with two attached hydrogens (primary N) is 1. The molecular weight excluding hydrogens is 480 g/mol. The Bertz CT molecular complexity index is 1240. The summed E-state index contributed by atoms with van der Waals surface area (Å²) in [5.41, 5.74) is 6.13. The highest BCUT2D eigenvalue weighted by Crippen LogP contribution is 2.32. The summed E-state index contributed by atoms with van der Waals surface area (Å²) in [7, 11) is 0. The zero-order valence-corrected chi connectivity index (χ0v) is 20.6. The maximum atomic E-state index is 12.7. The highest BCUT2D eigenvalue weighted by molar-refractivity contribution is 6.31. The monoisotopic (exact) mass is 508 g/mol. The zero-order chi connectivity index (χ0) is 25.5. The van der Waals surface area contributed by atoms with Gasteiger partial charge in [-0.2, -0.15) is 0 Å². The molecule has 3 aromatic rings. The summed E-state index contributed by atoms with van der Waals surface area (Å²) in [5.74, 6) is -0.151. The smallest absolute Gasteiger partial charge is 0.411 e. The number of likely N-dealkylation sites (tertiary alicyclic amines) is 1. The molecule has 0 saturated carbocycles. The Morgan fingerprint density at radius 3 is 2.44 bits per heavy atom. The van der Waals surface area contributed by atoms with Crippen molar-refractivity contribution in [2.75, 3.05) is 31.6 Å². The fraction of sp³-hybridized carbons (Fsp3) is 0.296. The minimum atomic E-state index is -0.799. The second-order valence-corrected chi connectivity index (χ2v) is 9.30. The first-order chi connectivity index (χ1) is 17.4. The summed E-state index contributed by atoms with van der Waals surface area (Å²) < 4.78 is 5.66. The van der Waals surface area contributed by atoms with Crippen molar-refractivity contribution >= 4 is 46.5 Å². The number of carbonyl (C=O) groups is 3. The van der Waals surface area contributed by atoms with E-state index in [2.05, 4.69) is 5.32 Å². The predicted octanol–water partition coefficient (Wildman–Crippen LogP) is 4.02. The lowest BCUT2D eigenvalue weighted by Crippen LogP contribution is -2.59. The van der Waals surface area contributed by atoms with E-state index >= 15 is 0 Å². The molecule has 188 valence electrons. The van der Waals surface area contributed by atoms with Crippen LogP contribution in [0.5, 0.6) is 0 Å². The van der Waals surface area contributed by atoms with E-state index in [4.69, 9.17) is 22.1 Å². The third-order valence-corrected chi connectivity index (χ3v) is 7.09. The average Bonchev–Trinajstić information content (AvgIpc) is 2.91. The summed E-state index contributed by atoms with van der Waals surface area (Å²) >= 11 is 6.35. The number of benzene rings is 3. The fourth-order valence-corrected chi connectivity index (χ4v) is 4.76. The number of rotatable bonds is 8. The van der Waals surface area contributed by atoms with Crippen LogP contribution < -0.4 is 11.1 Å². The normalized spacial score (nSPS) is 14.8. The van der Waals surface area contributed by atoms with E-state index in [9.17, 15) is 14.4 Å². The minimum Gasteiger partial charge on any atom is -0.447 e. The Balaban J connectivity index is 1.49. The Morgan fingerprint density at radius 1 is 1.06 bits per heavy atom. The Morgan fingerprint density at radius 2 is 1.75 bits per heavy atom. The molecule has 0 spiro atoms. The van der Waals surface area contributed by atoms with Crippen LogP contribution in [-0.4, -0.2) is 60.0 Å². The number of hydrogen-bond acceptors (Lipinski definition) is 5. The van der Waals surface area contributed by atoms with E-state index in [1.807, 2.05) is 60.7 Å². The van der Waals surface area contributed by atoms with Crippen LogP contribution in [0.3, 0.4) is 0 Å². The van der Waals surface area contributed by atoms with Crippen LogP contribution in [0, 0.1) is 0 Å². The molecule has 9 heteroatoms. The van der Waals surface area contributed by atoms with Crippen molar-refractivity contribution in [1.29, 1.82) is 0 Å². The van der Waals surface area contributed by atoms with Crippen molar-refractivity contribution in [3.63, 3.8) is 0 Å². The third kappa shape index (κ3) is 5.78. The lowest BCUT2D eigenvalue weighted by Gasteiger charge is -2.46. The molecule has 0 bridgehead atoms. The van der Waals surface area contributed by atoms with Crippen LogP contribution in [0.15, 0.2) is 66.7 Å². The van der Waals surface area contributed by atoms with Crippen molar-refractivity contribution in [3.05, 3.63) is 77.3 Å². The third-order valence-electron chi connectivity index (χ3n) is 6.72. The molecule has 0 aliphatic carbocycles. The van der Waals surface area contributed by atoms with Crippen molar-refractivity contribution in [2.45, 2.75) is 24.9 Å². The first-order valence-electron chi connectivity index (χ1n) is 11.8. The molecule has 0 radical (unpaired) electrons. The van der Waals surface area contributed by atoms with Gasteiger partial charge in [0.1, 0.15) is 6.61 Å². The molecule has 1 saturated heterocycles. The first-order valence-corrected chi connectivity index (χ1v) is 12.2. The number of hydrogen-bond donors (Lipinski definition) is 2. The number of nitrogens with zero attached hydrogens (tertiary/aromatic N) is 2. The quantitative estimate of drug-likeness (QED) is 0.447. The topological polar surface area (TPSA) is 105 Å².